The first-order valence-corrected chi connectivity index (χ1v) is 4.43. The maximum Gasteiger partial charge on any atom is 0.127 e. The number of rotatable bonds is 1. The zero-order valence-electron chi connectivity index (χ0n) is 7.09. The van der Waals surface area contributed by atoms with Crippen LogP contribution in [0.3, 0.4) is 0 Å². The highest BCUT2D eigenvalue weighted by atomic mass is 35.5. The van der Waals surface area contributed by atoms with Gasteiger partial charge >= 0.3 is 0 Å². The highest BCUT2D eigenvalue weighted by Gasteiger charge is 2.08. The van der Waals surface area contributed by atoms with Crippen molar-refractivity contribution in [2.45, 2.75) is 0 Å². The molecule has 0 saturated carbocycles. The van der Waals surface area contributed by atoms with Crippen LogP contribution in [0.15, 0.2) is 36.4 Å². The third kappa shape index (κ3) is 1.61. The van der Waals surface area contributed by atoms with Crippen LogP contribution in [0, 0.1) is 0 Å². The molecule has 0 aromatic heterocycles. The van der Waals surface area contributed by atoms with Gasteiger partial charge in [-0.15, -0.1) is 0 Å². The van der Waals surface area contributed by atoms with Crippen LogP contribution in [0.4, 0.5) is 0 Å². The fourth-order valence-electron chi connectivity index (χ4n) is 1.28. The van der Waals surface area contributed by atoms with E-state index in [0.29, 0.717) is 6.61 Å². The van der Waals surface area contributed by atoms with Gasteiger partial charge in [-0.25, -0.2) is 0 Å². The van der Waals surface area contributed by atoms with Crippen molar-refractivity contribution in [1.82, 2.24) is 0 Å². The van der Waals surface area contributed by atoms with Crippen LogP contribution in [0.5, 0.6) is 5.75 Å². The molecule has 1 nitrogen and oxygen atoms in total. The van der Waals surface area contributed by atoms with Crippen molar-refractivity contribution < 1.29 is 4.74 Å². The topological polar surface area (TPSA) is 9.23 Å². The molecule has 1 aliphatic rings. The first-order valence-electron chi connectivity index (χ1n) is 4.05. The smallest absolute Gasteiger partial charge is 0.127 e. The van der Waals surface area contributed by atoms with E-state index in [1.54, 1.807) is 6.08 Å². The van der Waals surface area contributed by atoms with Crippen molar-refractivity contribution in [2.24, 2.45) is 0 Å². The molecule has 1 aromatic carbocycles. The first-order chi connectivity index (χ1) is 6.29. The summed E-state index contributed by atoms with van der Waals surface area (Å²) in [7, 11) is 0. The Labute approximate surface area is 82.3 Å². The van der Waals surface area contributed by atoms with Gasteiger partial charge in [0.25, 0.3) is 0 Å². The summed E-state index contributed by atoms with van der Waals surface area (Å²) in [6, 6.07) is 5.60. The van der Waals surface area contributed by atoms with E-state index < -0.39 is 0 Å². The van der Waals surface area contributed by atoms with Crippen molar-refractivity contribution in [2.75, 3.05) is 6.61 Å². The summed E-state index contributed by atoms with van der Waals surface area (Å²) in [5, 5.41) is 0.726. The first kappa shape index (κ1) is 8.39. The molecule has 0 spiro atoms. The van der Waals surface area contributed by atoms with E-state index in [1.165, 1.54) is 0 Å². The van der Waals surface area contributed by atoms with Crippen LogP contribution < -0.4 is 4.74 Å². The van der Waals surface area contributed by atoms with Gasteiger partial charge in [-0.2, -0.15) is 0 Å². The highest BCUT2D eigenvalue weighted by molar-refractivity contribution is 6.30. The molecule has 1 aliphatic heterocycles. The predicted molar refractivity (Wildman–Crippen MR) is 55.1 cm³/mol. The predicted octanol–water partition coefficient (Wildman–Crippen LogP) is 3.30. The molecule has 2 heteroatoms. The summed E-state index contributed by atoms with van der Waals surface area (Å²) < 4.78 is 5.48. The third-order valence-electron chi connectivity index (χ3n) is 1.97. The van der Waals surface area contributed by atoms with Gasteiger partial charge in [-0.3, -0.25) is 0 Å². The normalized spacial score (nSPS) is 14.1. The van der Waals surface area contributed by atoms with E-state index in [0.717, 1.165) is 21.9 Å². The van der Waals surface area contributed by atoms with E-state index >= 15 is 0 Å². The summed E-state index contributed by atoms with van der Waals surface area (Å²) in [5.41, 5.74) is 2.10. The molecule has 0 saturated heterocycles. The van der Waals surface area contributed by atoms with Crippen molar-refractivity contribution in [3.63, 3.8) is 0 Å². The highest BCUT2D eigenvalue weighted by Crippen LogP contribution is 2.28. The van der Waals surface area contributed by atoms with Crippen LogP contribution in [-0.2, 0) is 0 Å². The van der Waals surface area contributed by atoms with E-state index in [4.69, 9.17) is 16.3 Å². The SMILES string of the molecule is C=CC1=Cc2cc(Cl)ccc2OC1. The van der Waals surface area contributed by atoms with Gasteiger partial charge in [0.15, 0.2) is 0 Å². The lowest BCUT2D eigenvalue weighted by Gasteiger charge is -2.15. The average Bonchev–Trinajstić information content (AvgIpc) is 2.16. The summed E-state index contributed by atoms with van der Waals surface area (Å²) in [6.07, 6.45) is 3.83. The van der Waals surface area contributed by atoms with Crippen LogP contribution in [-0.4, -0.2) is 6.61 Å². The Balaban J connectivity index is 2.49. The molecular weight excluding hydrogens is 184 g/mol. The molecule has 13 heavy (non-hydrogen) atoms. The van der Waals surface area contributed by atoms with E-state index in [1.807, 2.05) is 24.3 Å². The molecule has 0 fully saturated rings. The maximum absolute atomic E-state index is 5.86. The van der Waals surface area contributed by atoms with Crippen LogP contribution >= 0.6 is 11.6 Å². The molecule has 0 amide bonds. The van der Waals surface area contributed by atoms with Gasteiger partial charge in [-0.05, 0) is 29.8 Å². The zero-order chi connectivity index (χ0) is 9.26. The largest absolute Gasteiger partial charge is 0.488 e. The number of halogens is 1. The molecular formula is C11H9ClO. The van der Waals surface area contributed by atoms with E-state index in [9.17, 15) is 0 Å². The number of hydrogen-bond acceptors (Lipinski definition) is 1. The minimum atomic E-state index is 0.595. The summed E-state index contributed by atoms with van der Waals surface area (Å²) in [4.78, 5) is 0. The molecule has 66 valence electrons. The number of fused-ring (bicyclic) bond motifs is 1. The fraction of sp³-hybridized carbons (Fsp3) is 0.0909. The minimum Gasteiger partial charge on any atom is -0.488 e. The molecule has 0 radical (unpaired) electrons. The van der Waals surface area contributed by atoms with E-state index in [-0.39, 0.29) is 0 Å². The summed E-state index contributed by atoms with van der Waals surface area (Å²) in [6.45, 7) is 4.29. The molecule has 0 N–H and O–H groups in total. The lowest BCUT2D eigenvalue weighted by Crippen LogP contribution is -2.05. The Bertz CT molecular complexity index is 380. The van der Waals surface area contributed by atoms with Gasteiger partial charge in [0.1, 0.15) is 12.4 Å². The second-order valence-corrected chi connectivity index (χ2v) is 3.33. The van der Waals surface area contributed by atoms with Gasteiger partial charge in [0.05, 0.1) is 0 Å². The van der Waals surface area contributed by atoms with Crippen molar-refractivity contribution in [1.29, 1.82) is 0 Å². The van der Waals surface area contributed by atoms with Gasteiger partial charge in [0.2, 0.25) is 0 Å². The molecule has 2 rings (SSSR count). The monoisotopic (exact) mass is 192 g/mol. The third-order valence-corrected chi connectivity index (χ3v) is 2.20. The fourth-order valence-corrected chi connectivity index (χ4v) is 1.46. The molecule has 1 aromatic rings. The quantitative estimate of drug-likeness (QED) is 0.664. The number of benzene rings is 1. The summed E-state index contributed by atoms with van der Waals surface area (Å²) in [5.74, 6) is 0.884. The van der Waals surface area contributed by atoms with E-state index in [2.05, 4.69) is 6.58 Å². The Hall–Kier alpha value is -1.21. The molecule has 0 bridgehead atoms. The summed E-state index contributed by atoms with van der Waals surface area (Å²) >= 11 is 5.86. The standard InChI is InChI=1S/C11H9ClO/c1-2-8-5-9-6-10(12)3-4-11(9)13-7-8/h2-6H,1,7H2. The molecule has 0 aliphatic carbocycles. The van der Waals surface area contributed by atoms with Crippen molar-refractivity contribution in [3.05, 3.63) is 47.0 Å². The van der Waals surface area contributed by atoms with Crippen LogP contribution in [0.25, 0.3) is 6.08 Å². The second kappa shape index (κ2) is 3.27. The van der Waals surface area contributed by atoms with Crippen molar-refractivity contribution in [3.8, 4) is 5.75 Å². The Morgan fingerprint density at radius 3 is 3.08 bits per heavy atom. The molecule has 0 unspecified atom stereocenters. The van der Waals surface area contributed by atoms with Gasteiger partial charge in [-0.1, -0.05) is 24.3 Å². The lowest BCUT2D eigenvalue weighted by molar-refractivity contribution is 0.351. The van der Waals surface area contributed by atoms with Crippen LogP contribution in [0.2, 0.25) is 5.02 Å². The zero-order valence-corrected chi connectivity index (χ0v) is 7.84. The Morgan fingerprint density at radius 2 is 2.31 bits per heavy atom. The van der Waals surface area contributed by atoms with Gasteiger partial charge in [0, 0.05) is 10.6 Å². The Kier molecular flexibility index (Phi) is 2.11. The Morgan fingerprint density at radius 1 is 1.46 bits per heavy atom. The maximum atomic E-state index is 5.86. The van der Waals surface area contributed by atoms with Crippen molar-refractivity contribution >= 4 is 17.7 Å². The minimum absolute atomic E-state index is 0.595. The number of ether oxygens (including phenoxy) is 1. The van der Waals surface area contributed by atoms with Crippen LogP contribution in [0.1, 0.15) is 5.56 Å². The number of hydrogen-bond donors (Lipinski definition) is 0. The molecule has 0 atom stereocenters. The van der Waals surface area contributed by atoms with Gasteiger partial charge < -0.3 is 4.74 Å². The lowest BCUT2D eigenvalue weighted by atomic mass is 10.1. The second-order valence-electron chi connectivity index (χ2n) is 2.89. The average molecular weight is 193 g/mol. The molecule has 1 heterocycles.